The van der Waals surface area contributed by atoms with Crippen LogP contribution in [0.5, 0.6) is 0 Å². The van der Waals surface area contributed by atoms with Crippen LogP contribution >= 0.6 is 0 Å². The maximum Gasteiger partial charge on any atom is 0.226 e. The Bertz CT molecular complexity index is 573. The summed E-state index contributed by atoms with van der Waals surface area (Å²) in [6.45, 7) is 3.69. The van der Waals surface area contributed by atoms with Crippen LogP contribution in [0.15, 0.2) is 34.9 Å². The Morgan fingerprint density at radius 1 is 1.24 bits per heavy atom. The number of piperidine rings is 1. The van der Waals surface area contributed by atoms with Crippen LogP contribution < -0.4 is 5.73 Å². The minimum Gasteiger partial charge on any atom is -0.444 e. The Morgan fingerprint density at radius 3 is 2.62 bits per heavy atom. The molecule has 0 spiro atoms. The van der Waals surface area contributed by atoms with E-state index in [1.807, 2.05) is 0 Å². The minimum absolute atomic E-state index is 0.256. The van der Waals surface area contributed by atoms with Crippen molar-refractivity contribution in [1.29, 1.82) is 0 Å². The number of nitrogens with zero attached hydrogens (tertiary/aromatic N) is 2. The normalized spacial score (nSPS) is 17.2. The molecule has 1 aliphatic rings. The number of hydrogen-bond donors (Lipinski definition) is 1. The van der Waals surface area contributed by atoms with Gasteiger partial charge in [0.05, 0.1) is 5.69 Å². The van der Waals surface area contributed by atoms with E-state index in [9.17, 15) is 4.39 Å². The van der Waals surface area contributed by atoms with Crippen molar-refractivity contribution in [2.24, 2.45) is 11.7 Å². The van der Waals surface area contributed by atoms with Gasteiger partial charge >= 0.3 is 0 Å². The second kappa shape index (κ2) is 6.37. The van der Waals surface area contributed by atoms with E-state index in [4.69, 9.17) is 10.2 Å². The van der Waals surface area contributed by atoms with E-state index in [1.54, 1.807) is 18.4 Å². The highest BCUT2D eigenvalue weighted by Crippen LogP contribution is 2.21. The van der Waals surface area contributed by atoms with Crippen LogP contribution in [-0.2, 0) is 6.54 Å². The first kappa shape index (κ1) is 14.2. The maximum atomic E-state index is 12.9. The van der Waals surface area contributed by atoms with Crippen molar-refractivity contribution in [3.8, 4) is 11.5 Å². The molecule has 4 nitrogen and oxygen atoms in total. The van der Waals surface area contributed by atoms with Gasteiger partial charge < -0.3 is 10.2 Å². The summed E-state index contributed by atoms with van der Waals surface area (Å²) in [7, 11) is 0. The van der Waals surface area contributed by atoms with E-state index >= 15 is 0 Å². The highest BCUT2D eigenvalue weighted by Gasteiger charge is 2.19. The third kappa shape index (κ3) is 3.49. The van der Waals surface area contributed by atoms with E-state index in [2.05, 4.69) is 9.88 Å². The molecule has 0 radical (unpaired) electrons. The summed E-state index contributed by atoms with van der Waals surface area (Å²) in [5.41, 5.74) is 7.42. The van der Waals surface area contributed by atoms with Crippen LogP contribution in [-0.4, -0.2) is 29.5 Å². The number of nitrogens with two attached hydrogens (primary N) is 1. The summed E-state index contributed by atoms with van der Waals surface area (Å²) in [4.78, 5) is 6.86. The highest BCUT2D eigenvalue weighted by atomic mass is 19.1. The molecule has 0 bridgehead atoms. The molecular formula is C16H20FN3O. The highest BCUT2D eigenvalue weighted by molar-refractivity contribution is 5.52. The average Bonchev–Trinajstić information content (AvgIpc) is 2.97. The summed E-state index contributed by atoms with van der Waals surface area (Å²) in [6.07, 6.45) is 3.99. The van der Waals surface area contributed by atoms with Gasteiger partial charge in [-0.05, 0) is 62.7 Å². The van der Waals surface area contributed by atoms with Gasteiger partial charge in [0.2, 0.25) is 5.89 Å². The van der Waals surface area contributed by atoms with E-state index in [-0.39, 0.29) is 5.82 Å². The minimum atomic E-state index is -0.256. The molecule has 21 heavy (non-hydrogen) atoms. The van der Waals surface area contributed by atoms with Crippen molar-refractivity contribution in [2.75, 3.05) is 19.6 Å². The molecular weight excluding hydrogens is 269 g/mol. The first-order valence-corrected chi connectivity index (χ1v) is 7.37. The largest absolute Gasteiger partial charge is 0.444 e. The fourth-order valence-electron chi connectivity index (χ4n) is 2.71. The molecule has 0 amide bonds. The van der Waals surface area contributed by atoms with Crippen molar-refractivity contribution in [2.45, 2.75) is 19.4 Å². The molecule has 0 aliphatic carbocycles. The van der Waals surface area contributed by atoms with Crippen LogP contribution in [0.1, 0.15) is 18.5 Å². The van der Waals surface area contributed by atoms with E-state index in [0.717, 1.165) is 50.3 Å². The van der Waals surface area contributed by atoms with Crippen LogP contribution in [0.25, 0.3) is 11.5 Å². The molecule has 1 saturated heterocycles. The van der Waals surface area contributed by atoms with Gasteiger partial charge in [0, 0.05) is 12.1 Å². The first-order valence-electron chi connectivity index (χ1n) is 7.37. The summed E-state index contributed by atoms with van der Waals surface area (Å²) in [5.74, 6) is 0.948. The molecule has 0 atom stereocenters. The lowest BCUT2D eigenvalue weighted by atomic mass is 9.97. The lowest BCUT2D eigenvalue weighted by Gasteiger charge is -2.30. The van der Waals surface area contributed by atoms with Crippen molar-refractivity contribution in [3.63, 3.8) is 0 Å². The molecule has 3 rings (SSSR count). The van der Waals surface area contributed by atoms with E-state index in [1.165, 1.54) is 12.1 Å². The number of benzene rings is 1. The summed E-state index contributed by atoms with van der Waals surface area (Å²) in [6, 6.07) is 6.18. The zero-order chi connectivity index (χ0) is 14.7. The number of halogens is 1. The third-order valence-corrected chi connectivity index (χ3v) is 4.07. The molecule has 112 valence electrons. The second-order valence-corrected chi connectivity index (χ2v) is 5.61. The van der Waals surface area contributed by atoms with Crippen molar-refractivity contribution < 1.29 is 8.81 Å². The maximum absolute atomic E-state index is 12.9. The van der Waals surface area contributed by atoms with Crippen LogP contribution in [0.2, 0.25) is 0 Å². The fourth-order valence-corrected chi connectivity index (χ4v) is 2.71. The molecule has 2 N–H and O–H groups in total. The zero-order valence-electron chi connectivity index (χ0n) is 12.0. The molecule has 1 aliphatic heterocycles. The summed E-state index contributed by atoms with van der Waals surface area (Å²) >= 11 is 0. The SMILES string of the molecule is NCC1CCN(Cc2coc(-c3ccc(F)cc3)n2)CC1. The van der Waals surface area contributed by atoms with Crippen LogP contribution in [0, 0.1) is 11.7 Å². The van der Waals surface area contributed by atoms with Crippen LogP contribution in [0.3, 0.4) is 0 Å². The lowest BCUT2D eigenvalue weighted by Crippen LogP contribution is -2.35. The number of aromatic nitrogens is 1. The van der Waals surface area contributed by atoms with Gasteiger partial charge in [-0.15, -0.1) is 0 Å². The predicted octanol–water partition coefficient (Wildman–Crippen LogP) is 2.65. The van der Waals surface area contributed by atoms with Gasteiger partial charge in [0.25, 0.3) is 0 Å². The quantitative estimate of drug-likeness (QED) is 0.940. The van der Waals surface area contributed by atoms with Gasteiger partial charge in [0.15, 0.2) is 0 Å². The zero-order valence-corrected chi connectivity index (χ0v) is 12.0. The number of oxazole rings is 1. The molecule has 2 aromatic rings. The third-order valence-electron chi connectivity index (χ3n) is 4.07. The lowest BCUT2D eigenvalue weighted by molar-refractivity contribution is 0.178. The Morgan fingerprint density at radius 2 is 1.95 bits per heavy atom. The Kier molecular flexibility index (Phi) is 4.31. The van der Waals surface area contributed by atoms with Gasteiger partial charge in [-0.3, -0.25) is 4.90 Å². The molecule has 0 saturated carbocycles. The summed E-state index contributed by atoms with van der Waals surface area (Å²) in [5, 5.41) is 0. The van der Waals surface area contributed by atoms with Crippen LogP contribution in [0.4, 0.5) is 4.39 Å². The number of likely N-dealkylation sites (tertiary alicyclic amines) is 1. The molecule has 1 aromatic carbocycles. The molecule has 1 fully saturated rings. The van der Waals surface area contributed by atoms with Crippen molar-refractivity contribution >= 4 is 0 Å². The average molecular weight is 289 g/mol. The monoisotopic (exact) mass is 289 g/mol. The molecule has 1 aromatic heterocycles. The van der Waals surface area contributed by atoms with Crippen molar-refractivity contribution in [3.05, 3.63) is 42.0 Å². The van der Waals surface area contributed by atoms with E-state index < -0.39 is 0 Å². The Balaban J connectivity index is 1.62. The molecule has 2 heterocycles. The van der Waals surface area contributed by atoms with Gasteiger partial charge in [-0.25, -0.2) is 9.37 Å². The smallest absolute Gasteiger partial charge is 0.226 e. The van der Waals surface area contributed by atoms with Gasteiger partial charge in [0.1, 0.15) is 12.1 Å². The first-order chi connectivity index (χ1) is 10.2. The fraction of sp³-hybridized carbons (Fsp3) is 0.438. The molecule has 5 heteroatoms. The number of rotatable bonds is 4. The van der Waals surface area contributed by atoms with E-state index in [0.29, 0.717) is 11.8 Å². The van der Waals surface area contributed by atoms with Gasteiger partial charge in [-0.2, -0.15) is 0 Å². The van der Waals surface area contributed by atoms with Crippen molar-refractivity contribution in [1.82, 2.24) is 9.88 Å². The topological polar surface area (TPSA) is 55.3 Å². The second-order valence-electron chi connectivity index (χ2n) is 5.61. The number of hydrogen-bond acceptors (Lipinski definition) is 4. The summed E-state index contributed by atoms with van der Waals surface area (Å²) < 4.78 is 18.4. The predicted molar refractivity (Wildman–Crippen MR) is 79.0 cm³/mol. The standard InChI is InChI=1S/C16H20FN3O/c17-14-3-1-13(2-4-14)16-19-15(11-21-16)10-20-7-5-12(9-18)6-8-20/h1-4,11-12H,5-10,18H2. The Labute approximate surface area is 123 Å². The molecule has 0 unspecified atom stereocenters. The Hall–Kier alpha value is -1.72. The van der Waals surface area contributed by atoms with Gasteiger partial charge in [-0.1, -0.05) is 0 Å².